The molecule has 0 saturated carbocycles. The maximum Gasteiger partial charge on any atom is 0.298 e. The normalized spacial score (nSPS) is 12.4. The molecule has 0 aliphatic heterocycles. The molecule has 180 valence electrons. The van der Waals surface area contributed by atoms with Crippen molar-refractivity contribution in [1.29, 1.82) is 0 Å². The Morgan fingerprint density at radius 2 is 0.800 bits per heavy atom. The number of nitrogens with one attached hydrogen (secondary N) is 4. The summed E-state index contributed by atoms with van der Waals surface area (Å²) in [4.78, 5) is 25.7. The Labute approximate surface area is 197 Å². The van der Waals surface area contributed by atoms with E-state index in [1.807, 2.05) is 0 Å². The Balaban J connectivity index is 0. The molecule has 0 bridgehead atoms. The van der Waals surface area contributed by atoms with E-state index in [1.54, 1.807) is 0 Å². The molecule has 10 heteroatoms. The highest BCUT2D eigenvalue weighted by atomic mass is 32.1. The van der Waals surface area contributed by atoms with Gasteiger partial charge in [-0.25, -0.2) is 0 Å². The van der Waals surface area contributed by atoms with Crippen LogP contribution in [0, 0.1) is 0 Å². The molecular formula is C20H52N4OSSi4. The molecular weight excluding hydrogens is 457 g/mol. The quantitative estimate of drug-likeness (QED) is 0.203. The van der Waals surface area contributed by atoms with Gasteiger partial charge in [0.25, 0.3) is 6.03 Å². The van der Waals surface area contributed by atoms with Gasteiger partial charge in [-0.15, -0.1) is 0 Å². The van der Waals surface area contributed by atoms with Gasteiger partial charge in [-0.05, 0) is 48.5 Å². The molecule has 0 radical (unpaired) electrons. The second-order valence-corrected chi connectivity index (χ2v) is 30.1. The Morgan fingerprint density at radius 1 is 0.567 bits per heavy atom. The summed E-state index contributed by atoms with van der Waals surface area (Å²) in [6.07, 6.45) is 0. The fourth-order valence-electron chi connectivity index (χ4n) is 3.26. The van der Waals surface area contributed by atoms with E-state index in [9.17, 15) is 4.79 Å². The lowest BCUT2D eigenvalue weighted by Crippen LogP contribution is -2.61. The van der Waals surface area contributed by atoms with Crippen molar-refractivity contribution in [2.45, 2.75) is 117 Å². The van der Waals surface area contributed by atoms with Crippen LogP contribution in [0.3, 0.4) is 0 Å². The van der Waals surface area contributed by atoms with Gasteiger partial charge in [0.2, 0.25) is 0 Å². The summed E-state index contributed by atoms with van der Waals surface area (Å²) >= 11 is 5.20. The van der Waals surface area contributed by atoms with Gasteiger partial charge in [0.05, 0.1) is 0 Å². The average Bonchev–Trinajstić information content (AvgIpc) is 2.62. The van der Waals surface area contributed by atoms with E-state index in [0.29, 0.717) is 0 Å². The highest BCUT2D eigenvalue weighted by Gasteiger charge is 2.34. The predicted molar refractivity (Wildman–Crippen MR) is 152 cm³/mol. The molecule has 0 aromatic rings. The van der Waals surface area contributed by atoms with Gasteiger partial charge in [0.1, 0.15) is 21.6 Å². The van der Waals surface area contributed by atoms with Gasteiger partial charge in [-0.3, -0.25) is 4.79 Å². The molecule has 0 aromatic carbocycles. The first kappa shape index (κ1) is 32.0. The fraction of sp³-hybridized carbons (Fsp3) is 0.900. The van der Waals surface area contributed by atoms with Crippen molar-refractivity contribution in [1.82, 2.24) is 19.9 Å². The average molecular weight is 509 g/mol. The van der Waals surface area contributed by atoms with Crippen molar-refractivity contribution >= 4 is 56.3 Å². The summed E-state index contributed by atoms with van der Waals surface area (Å²) in [6, 6.07) is 6.90. The summed E-state index contributed by atoms with van der Waals surface area (Å²) < 4.78 is 0. The van der Waals surface area contributed by atoms with Crippen LogP contribution in [0.15, 0.2) is 0 Å². The second kappa shape index (κ2) is 14.1. The van der Waals surface area contributed by atoms with Crippen LogP contribution in [-0.2, 0) is 0 Å². The lowest BCUT2D eigenvalue weighted by molar-refractivity contribution is 0.249. The van der Waals surface area contributed by atoms with Crippen LogP contribution < -0.4 is 19.9 Å². The fourth-order valence-corrected chi connectivity index (χ4v) is 12.0. The first-order chi connectivity index (χ1) is 13.6. The number of urea groups is 1. The molecule has 0 heterocycles. The van der Waals surface area contributed by atoms with E-state index in [2.05, 4.69) is 101 Å². The van der Waals surface area contributed by atoms with E-state index in [-0.39, 0.29) is 6.03 Å². The molecule has 0 saturated heterocycles. The van der Waals surface area contributed by atoms with Crippen LogP contribution in [0.4, 0.5) is 4.79 Å². The summed E-state index contributed by atoms with van der Waals surface area (Å²) in [5.74, 6) is 0. The molecule has 0 fully saturated rings. The van der Waals surface area contributed by atoms with Crippen LogP contribution in [0.2, 0.25) is 75.5 Å². The minimum Gasteiger partial charge on any atom is -0.389 e. The van der Waals surface area contributed by atoms with E-state index >= 15 is 0 Å². The molecule has 0 aromatic heterocycles. The highest BCUT2D eigenvalue weighted by molar-refractivity contribution is 7.80. The van der Waals surface area contributed by atoms with Crippen LogP contribution in [0.25, 0.3) is 0 Å². The largest absolute Gasteiger partial charge is 0.389 e. The minimum atomic E-state index is -1.56. The molecule has 0 aliphatic carbocycles. The number of thiocarbonyl (C=S) groups is 1. The Kier molecular flexibility index (Phi) is 15.0. The molecule has 5 nitrogen and oxygen atoms in total. The van der Waals surface area contributed by atoms with Crippen LogP contribution in [0.1, 0.15) is 41.5 Å². The zero-order chi connectivity index (χ0) is 24.2. The van der Waals surface area contributed by atoms with Crippen LogP contribution >= 0.6 is 12.2 Å². The van der Waals surface area contributed by atoms with Crippen LogP contribution in [0.5, 0.6) is 0 Å². The van der Waals surface area contributed by atoms with Gasteiger partial charge < -0.3 is 19.9 Å². The summed E-state index contributed by atoms with van der Waals surface area (Å²) in [7, 11) is -5.62. The molecule has 0 aliphatic rings. The number of carbonyl (C=O) groups is 1. The van der Waals surface area contributed by atoms with Gasteiger partial charge in [0, 0.05) is 0 Å². The minimum absolute atomic E-state index is 0.115. The number of amides is 2. The summed E-state index contributed by atoms with van der Waals surface area (Å²) in [5, 5.41) is 0.841. The van der Waals surface area contributed by atoms with E-state index in [4.69, 9.17) is 12.2 Å². The van der Waals surface area contributed by atoms with Gasteiger partial charge in [-0.1, -0.05) is 80.8 Å². The van der Waals surface area contributed by atoms with E-state index < -0.39 is 32.9 Å². The van der Waals surface area contributed by atoms with Crippen molar-refractivity contribution in [2.75, 3.05) is 0 Å². The molecule has 4 N–H and O–H groups in total. The second-order valence-electron chi connectivity index (χ2n) is 10.3. The molecule has 0 atom stereocenters. The van der Waals surface area contributed by atoms with Crippen LogP contribution in [-0.4, -0.2) is 44.1 Å². The van der Waals surface area contributed by atoms with Gasteiger partial charge in [-0.2, -0.15) is 0 Å². The first-order valence-corrected chi connectivity index (χ1v) is 24.4. The lowest BCUT2D eigenvalue weighted by Gasteiger charge is -2.34. The molecule has 30 heavy (non-hydrogen) atoms. The Bertz CT molecular complexity index is 455. The van der Waals surface area contributed by atoms with Crippen molar-refractivity contribution in [3.63, 3.8) is 0 Å². The third kappa shape index (κ3) is 14.0. The molecule has 0 rings (SSSR count). The third-order valence-electron chi connectivity index (χ3n) is 5.80. The summed E-state index contributed by atoms with van der Waals surface area (Å²) in [6.45, 7) is 26.7. The zero-order valence-electron chi connectivity index (χ0n) is 22.1. The Hall–Kier alpha value is -0.172. The zero-order valence-corrected chi connectivity index (χ0v) is 26.9. The number of rotatable bonds is 10. The molecule has 0 unspecified atom stereocenters. The summed E-state index contributed by atoms with van der Waals surface area (Å²) in [5.41, 5.74) is 0. The predicted octanol–water partition coefficient (Wildman–Crippen LogP) is 6.42. The number of hydrogen-bond donors (Lipinski definition) is 4. The SMILES string of the molecule is CC[Si](CC)(CC)NC(=O)N[Si](CC)(CC)CC.C[Si](C)(C)NC(=S)N[Si](C)(C)C. The standard InChI is InChI=1S/C13H32N2OSi2.C7H20N2SSi2/c1-7-17(8-2,9-3)14-13(16)15-18(10-4,11-5)12-6;1-11(2,3)8-7(10)9-12(4,5)6/h7-12H2,1-6H3,(H2,14,15,16);1-6H3,(H2,8,9,10). The monoisotopic (exact) mass is 508 g/mol. The third-order valence-corrected chi connectivity index (χ3v) is 18.0. The van der Waals surface area contributed by atoms with Crippen molar-refractivity contribution in [2.24, 2.45) is 0 Å². The van der Waals surface area contributed by atoms with Gasteiger partial charge in [0.15, 0.2) is 16.5 Å². The van der Waals surface area contributed by atoms with Gasteiger partial charge >= 0.3 is 0 Å². The lowest BCUT2D eigenvalue weighted by atomic mass is 10.9. The maximum absolute atomic E-state index is 12.3. The Morgan fingerprint density at radius 3 is 0.967 bits per heavy atom. The number of carbonyl (C=O) groups excluding carboxylic acids is 1. The number of hydrogen-bond acceptors (Lipinski definition) is 2. The maximum atomic E-state index is 12.3. The molecule has 0 spiro atoms. The topological polar surface area (TPSA) is 65.2 Å². The highest BCUT2D eigenvalue weighted by Crippen LogP contribution is 2.19. The van der Waals surface area contributed by atoms with Crippen molar-refractivity contribution in [3.8, 4) is 0 Å². The van der Waals surface area contributed by atoms with E-state index in [1.165, 1.54) is 0 Å². The first-order valence-electron chi connectivity index (χ1n) is 11.8. The molecule has 2 amide bonds. The van der Waals surface area contributed by atoms with E-state index in [0.717, 1.165) is 41.4 Å². The van der Waals surface area contributed by atoms with Crippen molar-refractivity contribution < 1.29 is 4.79 Å². The van der Waals surface area contributed by atoms with Crippen molar-refractivity contribution in [3.05, 3.63) is 0 Å². The smallest absolute Gasteiger partial charge is 0.298 e.